The second kappa shape index (κ2) is 4.78. The number of carboxylic acid groups (broad SMARTS) is 2. The fourth-order valence-corrected chi connectivity index (χ4v) is 0.673. The maximum atomic E-state index is 10.3. The molecule has 0 aliphatic rings. The van der Waals surface area contributed by atoms with Crippen LogP contribution in [0, 0.1) is 5.92 Å². The Morgan fingerprint density at radius 2 is 2.00 bits per heavy atom. The quantitative estimate of drug-likeness (QED) is 0.247. The van der Waals surface area contributed by atoms with Crippen LogP contribution in [0.1, 0.15) is 6.42 Å². The van der Waals surface area contributed by atoms with E-state index in [0.717, 1.165) is 0 Å². The summed E-state index contributed by atoms with van der Waals surface area (Å²) in [7, 11) is 0. The van der Waals surface area contributed by atoms with Crippen LogP contribution in [0.3, 0.4) is 0 Å². The molecule has 13 heavy (non-hydrogen) atoms. The van der Waals surface area contributed by atoms with Crippen LogP contribution in [0.4, 0.5) is 0 Å². The van der Waals surface area contributed by atoms with Crippen molar-refractivity contribution >= 4 is 23.9 Å². The SMILES string of the molecule is [N-]=[N+]=C(C(=O)O)C(C=O)CC(=O)O. The van der Waals surface area contributed by atoms with E-state index < -0.39 is 30.0 Å². The zero-order chi connectivity index (χ0) is 10.4. The fraction of sp³-hybridized carbons (Fsp3) is 0.333. The lowest BCUT2D eigenvalue weighted by atomic mass is 10.0. The molecule has 0 saturated heterocycles. The average Bonchev–Trinajstić information content (AvgIpc) is 2.02. The van der Waals surface area contributed by atoms with Crippen LogP contribution in [0.5, 0.6) is 0 Å². The van der Waals surface area contributed by atoms with Gasteiger partial charge in [-0.05, 0) is 0 Å². The average molecular weight is 186 g/mol. The normalized spacial score (nSPS) is 11.1. The van der Waals surface area contributed by atoms with Crippen LogP contribution in [-0.4, -0.2) is 38.9 Å². The molecule has 0 bridgehead atoms. The summed E-state index contributed by atoms with van der Waals surface area (Å²) >= 11 is 0. The molecule has 0 aromatic heterocycles. The van der Waals surface area contributed by atoms with Crippen molar-refractivity contribution in [2.45, 2.75) is 6.42 Å². The van der Waals surface area contributed by atoms with Crippen LogP contribution in [-0.2, 0) is 14.4 Å². The summed E-state index contributed by atoms with van der Waals surface area (Å²) in [5, 5.41) is 16.6. The molecule has 0 aromatic carbocycles. The largest absolute Gasteiger partial charge is 0.481 e. The first-order valence-electron chi connectivity index (χ1n) is 3.15. The van der Waals surface area contributed by atoms with Crippen molar-refractivity contribution < 1.29 is 29.4 Å². The zero-order valence-electron chi connectivity index (χ0n) is 6.38. The van der Waals surface area contributed by atoms with Crippen molar-refractivity contribution in [2.24, 2.45) is 5.92 Å². The number of carboxylic acids is 2. The third kappa shape index (κ3) is 3.26. The van der Waals surface area contributed by atoms with Gasteiger partial charge in [-0.15, -0.1) is 0 Å². The minimum absolute atomic E-state index is 0.108. The van der Waals surface area contributed by atoms with Crippen molar-refractivity contribution in [3.8, 4) is 0 Å². The monoisotopic (exact) mass is 186 g/mol. The Labute approximate surface area is 72.2 Å². The number of rotatable bonds is 5. The van der Waals surface area contributed by atoms with Gasteiger partial charge in [0.1, 0.15) is 12.2 Å². The highest BCUT2D eigenvalue weighted by atomic mass is 16.4. The van der Waals surface area contributed by atoms with Gasteiger partial charge in [0.25, 0.3) is 0 Å². The topological polar surface area (TPSA) is 128 Å². The standard InChI is InChI=1S/C6H6N2O5/c7-8-5(6(12)13)3(2-9)1-4(10)11/h2-3H,1H2,(H,10,11)(H,12,13). The lowest BCUT2D eigenvalue weighted by molar-refractivity contribution is -0.140. The maximum absolute atomic E-state index is 10.3. The second-order valence-electron chi connectivity index (χ2n) is 2.13. The van der Waals surface area contributed by atoms with Crippen LogP contribution in [0.15, 0.2) is 0 Å². The Morgan fingerprint density at radius 1 is 1.46 bits per heavy atom. The molecule has 7 nitrogen and oxygen atoms in total. The molecule has 70 valence electrons. The molecular formula is C6H6N2O5. The Kier molecular flexibility index (Phi) is 4.05. The number of carbonyl (C=O) groups is 3. The van der Waals surface area contributed by atoms with Gasteiger partial charge in [0.2, 0.25) is 0 Å². The number of aldehydes is 1. The smallest absolute Gasteiger partial charge is 0.415 e. The summed E-state index contributed by atoms with van der Waals surface area (Å²) in [5.41, 5.74) is 7.29. The van der Waals surface area contributed by atoms with E-state index >= 15 is 0 Å². The minimum atomic E-state index is -1.62. The van der Waals surface area contributed by atoms with Crippen LogP contribution in [0.25, 0.3) is 5.53 Å². The van der Waals surface area contributed by atoms with Crippen molar-refractivity contribution in [1.82, 2.24) is 0 Å². The molecule has 0 radical (unpaired) electrons. The van der Waals surface area contributed by atoms with E-state index in [2.05, 4.69) is 4.79 Å². The predicted octanol–water partition coefficient (Wildman–Crippen LogP) is -0.968. The summed E-state index contributed by atoms with van der Waals surface area (Å²) in [6.45, 7) is 0. The first-order valence-corrected chi connectivity index (χ1v) is 3.15. The minimum Gasteiger partial charge on any atom is -0.481 e. The van der Waals surface area contributed by atoms with Gasteiger partial charge in [-0.25, -0.2) is 4.79 Å². The fourth-order valence-electron chi connectivity index (χ4n) is 0.673. The van der Waals surface area contributed by atoms with E-state index in [9.17, 15) is 14.4 Å². The van der Waals surface area contributed by atoms with E-state index in [4.69, 9.17) is 15.7 Å². The molecule has 0 amide bonds. The predicted molar refractivity (Wildman–Crippen MR) is 38.1 cm³/mol. The molecule has 0 aromatic rings. The Morgan fingerprint density at radius 3 is 2.23 bits per heavy atom. The van der Waals surface area contributed by atoms with Gasteiger partial charge in [-0.2, -0.15) is 4.79 Å². The molecule has 0 fully saturated rings. The van der Waals surface area contributed by atoms with Crippen molar-refractivity contribution in [2.75, 3.05) is 0 Å². The molecule has 2 N–H and O–H groups in total. The highest BCUT2D eigenvalue weighted by Crippen LogP contribution is 2.01. The number of carbonyl (C=O) groups excluding carboxylic acids is 1. The van der Waals surface area contributed by atoms with Crippen molar-refractivity contribution in [1.29, 1.82) is 0 Å². The van der Waals surface area contributed by atoms with Gasteiger partial charge in [-0.1, -0.05) is 0 Å². The van der Waals surface area contributed by atoms with Gasteiger partial charge in [0, 0.05) is 0 Å². The van der Waals surface area contributed by atoms with Crippen LogP contribution >= 0.6 is 0 Å². The van der Waals surface area contributed by atoms with Crippen LogP contribution in [0.2, 0.25) is 0 Å². The molecule has 0 aliphatic carbocycles. The van der Waals surface area contributed by atoms with Gasteiger partial charge in [-0.3, -0.25) is 4.79 Å². The van der Waals surface area contributed by atoms with E-state index in [1.54, 1.807) is 0 Å². The summed E-state index contributed by atoms with van der Waals surface area (Å²) in [5.74, 6) is -4.40. The number of nitrogens with zero attached hydrogens (tertiary/aromatic N) is 2. The molecule has 0 rings (SSSR count). The summed E-state index contributed by atoms with van der Waals surface area (Å²) in [6.07, 6.45) is -0.605. The molecular weight excluding hydrogens is 180 g/mol. The van der Waals surface area contributed by atoms with Crippen LogP contribution < -0.4 is 0 Å². The van der Waals surface area contributed by atoms with E-state index in [0.29, 0.717) is 0 Å². The second-order valence-corrected chi connectivity index (χ2v) is 2.13. The van der Waals surface area contributed by atoms with E-state index in [-0.39, 0.29) is 6.29 Å². The molecule has 0 spiro atoms. The first kappa shape index (κ1) is 11.0. The Balaban J connectivity index is 4.75. The number of aliphatic carboxylic acids is 2. The van der Waals surface area contributed by atoms with Gasteiger partial charge < -0.3 is 20.5 Å². The number of hydrogen-bond donors (Lipinski definition) is 2. The van der Waals surface area contributed by atoms with E-state index in [1.807, 2.05) is 0 Å². The molecule has 7 heteroatoms. The summed E-state index contributed by atoms with van der Waals surface area (Å²) in [6, 6.07) is 0. The summed E-state index contributed by atoms with van der Waals surface area (Å²) in [4.78, 5) is 33.0. The lowest BCUT2D eigenvalue weighted by Crippen LogP contribution is -2.27. The maximum Gasteiger partial charge on any atom is 0.415 e. The Hall–Kier alpha value is -2.01. The molecule has 0 aliphatic heterocycles. The molecule has 1 atom stereocenters. The van der Waals surface area contributed by atoms with Crippen molar-refractivity contribution in [3.05, 3.63) is 5.53 Å². The number of hydrogen-bond acceptors (Lipinski definition) is 3. The van der Waals surface area contributed by atoms with Gasteiger partial charge in [0.15, 0.2) is 0 Å². The lowest BCUT2D eigenvalue weighted by Gasteiger charge is -1.97. The molecule has 1 unspecified atom stereocenters. The van der Waals surface area contributed by atoms with Gasteiger partial charge in [0.05, 0.1) is 6.42 Å². The van der Waals surface area contributed by atoms with Crippen molar-refractivity contribution in [3.63, 3.8) is 0 Å². The first-order chi connectivity index (χ1) is 6.02. The zero-order valence-corrected chi connectivity index (χ0v) is 6.38. The third-order valence-electron chi connectivity index (χ3n) is 1.24. The van der Waals surface area contributed by atoms with E-state index in [1.165, 1.54) is 0 Å². The highest BCUT2D eigenvalue weighted by Gasteiger charge is 2.32. The third-order valence-corrected chi connectivity index (χ3v) is 1.24. The summed E-state index contributed by atoms with van der Waals surface area (Å²) < 4.78 is 0. The molecule has 0 heterocycles. The Bertz CT molecular complexity index is 291. The van der Waals surface area contributed by atoms with Gasteiger partial charge >= 0.3 is 17.7 Å². The highest BCUT2D eigenvalue weighted by molar-refractivity contribution is 6.36. The molecule has 0 saturated carbocycles.